The van der Waals surface area contributed by atoms with Crippen molar-refractivity contribution in [2.75, 3.05) is 19.7 Å². The summed E-state index contributed by atoms with van der Waals surface area (Å²) in [4.78, 5) is 14.1. The van der Waals surface area contributed by atoms with E-state index in [0.29, 0.717) is 25.0 Å². The van der Waals surface area contributed by atoms with Crippen molar-refractivity contribution in [3.05, 3.63) is 35.4 Å². The number of carbonyl (C=O) groups is 1. The third-order valence-electron chi connectivity index (χ3n) is 3.84. The lowest BCUT2D eigenvalue weighted by molar-refractivity contribution is -0.140. The summed E-state index contributed by atoms with van der Waals surface area (Å²) in [6.45, 7) is 4.20. The predicted molar refractivity (Wildman–Crippen MR) is 69.2 cm³/mol. The van der Waals surface area contributed by atoms with Crippen LogP contribution in [0.5, 0.6) is 0 Å². The number of amides is 1. The van der Waals surface area contributed by atoms with Gasteiger partial charge in [-0.15, -0.1) is 0 Å². The molecule has 1 amide bonds. The maximum absolute atomic E-state index is 12.1. The van der Waals surface area contributed by atoms with Gasteiger partial charge in [-0.3, -0.25) is 4.79 Å². The number of benzene rings is 1. The smallest absolute Gasteiger partial charge is 0.225 e. The highest BCUT2D eigenvalue weighted by Crippen LogP contribution is 2.33. The third kappa shape index (κ3) is 2.27. The molecule has 0 spiro atoms. The second-order valence-electron chi connectivity index (χ2n) is 5.27. The molecule has 3 heteroatoms. The fourth-order valence-electron chi connectivity index (χ4n) is 2.57. The molecule has 1 heterocycles. The normalized spacial score (nSPS) is 24.1. The Balaban J connectivity index is 1.73. The number of ether oxygens (including phenoxy) is 1. The van der Waals surface area contributed by atoms with Gasteiger partial charge in [-0.05, 0) is 30.9 Å². The van der Waals surface area contributed by atoms with Gasteiger partial charge in [0.1, 0.15) is 6.10 Å². The molecule has 1 atom stereocenters. The van der Waals surface area contributed by atoms with Crippen LogP contribution in [0, 0.1) is 12.8 Å². The molecule has 2 fully saturated rings. The minimum absolute atomic E-state index is 0.0441. The molecule has 0 bridgehead atoms. The molecule has 1 aliphatic heterocycles. The molecule has 1 saturated carbocycles. The van der Waals surface area contributed by atoms with E-state index < -0.39 is 0 Å². The Labute approximate surface area is 108 Å². The monoisotopic (exact) mass is 245 g/mol. The molecule has 1 unspecified atom stereocenters. The van der Waals surface area contributed by atoms with Gasteiger partial charge < -0.3 is 9.64 Å². The average Bonchev–Trinajstić information content (AvgIpc) is 3.23. The summed E-state index contributed by atoms with van der Waals surface area (Å²) in [5, 5.41) is 0. The minimum atomic E-state index is 0.0441. The van der Waals surface area contributed by atoms with E-state index in [0.717, 1.165) is 19.4 Å². The average molecular weight is 245 g/mol. The molecule has 0 radical (unpaired) electrons. The van der Waals surface area contributed by atoms with Crippen LogP contribution in [0.3, 0.4) is 0 Å². The topological polar surface area (TPSA) is 29.5 Å². The van der Waals surface area contributed by atoms with Crippen LogP contribution < -0.4 is 0 Å². The summed E-state index contributed by atoms with van der Waals surface area (Å²) >= 11 is 0. The standard InChI is InChI=1S/C15H19NO2/c1-11-4-2-3-5-13(11)14-10-16(8-9-18-14)15(17)12-6-7-12/h2-5,12,14H,6-10H2,1H3. The van der Waals surface area contributed by atoms with Crippen molar-refractivity contribution in [3.8, 4) is 0 Å². The number of morpholine rings is 1. The molecule has 0 N–H and O–H groups in total. The highest BCUT2D eigenvalue weighted by molar-refractivity contribution is 5.81. The Bertz CT molecular complexity index is 454. The molecule has 1 aliphatic carbocycles. The van der Waals surface area contributed by atoms with Gasteiger partial charge >= 0.3 is 0 Å². The van der Waals surface area contributed by atoms with Crippen LogP contribution in [-0.2, 0) is 9.53 Å². The molecule has 1 aromatic carbocycles. The van der Waals surface area contributed by atoms with Crippen molar-refractivity contribution >= 4 is 5.91 Å². The van der Waals surface area contributed by atoms with Gasteiger partial charge in [-0.2, -0.15) is 0 Å². The Morgan fingerprint density at radius 2 is 2.11 bits per heavy atom. The van der Waals surface area contributed by atoms with E-state index in [9.17, 15) is 4.79 Å². The fourth-order valence-corrected chi connectivity index (χ4v) is 2.57. The SMILES string of the molecule is Cc1ccccc1C1CN(C(=O)C2CC2)CCO1. The Kier molecular flexibility index (Phi) is 3.08. The third-order valence-corrected chi connectivity index (χ3v) is 3.84. The first-order valence-electron chi connectivity index (χ1n) is 6.71. The van der Waals surface area contributed by atoms with E-state index in [-0.39, 0.29) is 6.10 Å². The van der Waals surface area contributed by atoms with Crippen LogP contribution in [0.2, 0.25) is 0 Å². The molecule has 2 aliphatic rings. The summed E-state index contributed by atoms with van der Waals surface area (Å²) in [7, 11) is 0. The van der Waals surface area contributed by atoms with Gasteiger partial charge in [0, 0.05) is 12.5 Å². The van der Waals surface area contributed by atoms with Gasteiger partial charge in [0.25, 0.3) is 0 Å². The maximum Gasteiger partial charge on any atom is 0.225 e. The van der Waals surface area contributed by atoms with Crippen LogP contribution in [0.25, 0.3) is 0 Å². The summed E-state index contributed by atoms with van der Waals surface area (Å²) in [5.74, 6) is 0.637. The van der Waals surface area contributed by atoms with E-state index in [4.69, 9.17) is 4.74 Å². The van der Waals surface area contributed by atoms with Crippen LogP contribution in [0.4, 0.5) is 0 Å². The van der Waals surface area contributed by atoms with Crippen LogP contribution in [-0.4, -0.2) is 30.5 Å². The number of rotatable bonds is 2. The first-order valence-corrected chi connectivity index (χ1v) is 6.71. The molecular formula is C15H19NO2. The molecule has 18 heavy (non-hydrogen) atoms. The zero-order valence-electron chi connectivity index (χ0n) is 10.8. The molecule has 0 aromatic heterocycles. The number of carbonyl (C=O) groups excluding carboxylic acids is 1. The summed E-state index contributed by atoms with van der Waals surface area (Å²) in [5.41, 5.74) is 2.45. The van der Waals surface area contributed by atoms with Crippen LogP contribution >= 0.6 is 0 Å². The van der Waals surface area contributed by atoms with E-state index in [1.54, 1.807) is 0 Å². The second kappa shape index (κ2) is 4.73. The molecule has 3 rings (SSSR count). The lowest BCUT2D eigenvalue weighted by Crippen LogP contribution is -2.43. The van der Waals surface area contributed by atoms with Gasteiger partial charge in [0.05, 0.1) is 13.2 Å². The number of aryl methyl sites for hydroxylation is 1. The fraction of sp³-hybridized carbons (Fsp3) is 0.533. The van der Waals surface area contributed by atoms with E-state index in [1.807, 2.05) is 17.0 Å². The van der Waals surface area contributed by atoms with E-state index >= 15 is 0 Å². The van der Waals surface area contributed by atoms with Crippen molar-refractivity contribution in [2.45, 2.75) is 25.9 Å². The predicted octanol–water partition coefficient (Wildman–Crippen LogP) is 2.30. The summed E-state index contributed by atoms with van der Waals surface area (Å²) in [6, 6.07) is 8.27. The van der Waals surface area contributed by atoms with Crippen molar-refractivity contribution in [1.82, 2.24) is 4.90 Å². The maximum atomic E-state index is 12.1. The Morgan fingerprint density at radius 1 is 1.33 bits per heavy atom. The number of nitrogens with zero attached hydrogens (tertiary/aromatic N) is 1. The molecular weight excluding hydrogens is 226 g/mol. The highest BCUT2D eigenvalue weighted by Gasteiger charge is 2.36. The van der Waals surface area contributed by atoms with Crippen LogP contribution in [0.1, 0.15) is 30.1 Å². The highest BCUT2D eigenvalue weighted by atomic mass is 16.5. The number of hydrogen-bond donors (Lipinski definition) is 0. The van der Waals surface area contributed by atoms with Crippen molar-refractivity contribution in [3.63, 3.8) is 0 Å². The molecule has 3 nitrogen and oxygen atoms in total. The van der Waals surface area contributed by atoms with Gasteiger partial charge in [-0.1, -0.05) is 24.3 Å². The first kappa shape index (κ1) is 11.7. The van der Waals surface area contributed by atoms with Crippen molar-refractivity contribution in [2.24, 2.45) is 5.92 Å². The molecule has 1 aromatic rings. The lowest BCUT2D eigenvalue weighted by Gasteiger charge is -2.34. The zero-order valence-corrected chi connectivity index (χ0v) is 10.8. The summed E-state index contributed by atoms with van der Waals surface area (Å²) < 4.78 is 5.83. The number of hydrogen-bond acceptors (Lipinski definition) is 2. The largest absolute Gasteiger partial charge is 0.370 e. The molecule has 1 saturated heterocycles. The van der Waals surface area contributed by atoms with Gasteiger partial charge in [0.2, 0.25) is 5.91 Å². The quantitative estimate of drug-likeness (QED) is 0.800. The van der Waals surface area contributed by atoms with Gasteiger partial charge in [-0.25, -0.2) is 0 Å². The Morgan fingerprint density at radius 3 is 2.83 bits per heavy atom. The Hall–Kier alpha value is -1.35. The van der Waals surface area contributed by atoms with Crippen molar-refractivity contribution in [1.29, 1.82) is 0 Å². The van der Waals surface area contributed by atoms with E-state index in [2.05, 4.69) is 19.1 Å². The first-order chi connectivity index (χ1) is 8.75. The second-order valence-corrected chi connectivity index (χ2v) is 5.27. The van der Waals surface area contributed by atoms with Gasteiger partial charge in [0.15, 0.2) is 0 Å². The van der Waals surface area contributed by atoms with E-state index in [1.165, 1.54) is 11.1 Å². The zero-order chi connectivity index (χ0) is 12.5. The van der Waals surface area contributed by atoms with Crippen molar-refractivity contribution < 1.29 is 9.53 Å². The molecule has 96 valence electrons. The minimum Gasteiger partial charge on any atom is -0.370 e. The summed E-state index contributed by atoms with van der Waals surface area (Å²) in [6.07, 6.45) is 2.19. The van der Waals surface area contributed by atoms with Crippen LogP contribution in [0.15, 0.2) is 24.3 Å². The lowest BCUT2D eigenvalue weighted by atomic mass is 10.0.